The zero-order valence-corrected chi connectivity index (χ0v) is 11.0. The van der Waals surface area contributed by atoms with Gasteiger partial charge >= 0.3 is 0 Å². The topological polar surface area (TPSA) is 49.4 Å². The fourth-order valence-electron chi connectivity index (χ4n) is 2.88. The van der Waals surface area contributed by atoms with Crippen LogP contribution in [0.15, 0.2) is 0 Å². The summed E-state index contributed by atoms with van der Waals surface area (Å²) < 4.78 is 0. The van der Waals surface area contributed by atoms with Crippen LogP contribution in [0.4, 0.5) is 0 Å². The molecule has 2 aliphatic rings. The van der Waals surface area contributed by atoms with E-state index in [0.29, 0.717) is 0 Å². The van der Waals surface area contributed by atoms with Gasteiger partial charge in [-0.1, -0.05) is 13.8 Å². The normalized spacial score (nSPS) is 25.6. The molecule has 1 saturated heterocycles. The second-order valence-electron chi connectivity index (χ2n) is 5.67. The third-order valence-corrected chi connectivity index (χ3v) is 4.04. The highest BCUT2D eigenvalue weighted by atomic mass is 16.2. The van der Waals surface area contributed by atoms with Gasteiger partial charge in [0, 0.05) is 24.0 Å². The Morgan fingerprint density at radius 2 is 2.00 bits per heavy atom. The Labute approximate surface area is 103 Å². The summed E-state index contributed by atoms with van der Waals surface area (Å²) in [4.78, 5) is 26.1. The lowest BCUT2D eigenvalue weighted by molar-refractivity contribution is -0.148. The molecule has 4 heteroatoms. The van der Waals surface area contributed by atoms with E-state index in [9.17, 15) is 9.59 Å². The first kappa shape index (κ1) is 12.6. The first-order valence-corrected chi connectivity index (χ1v) is 6.54. The lowest BCUT2D eigenvalue weighted by Gasteiger charge is -2.30. The molecule has 96 valence electrons. The third-order valence-electron chi connectivity index (χ3n) is 4.04. The van der Waals surface area contributed by atoms with Crippen LogP contribution >= 0.6 is 0 Å². The molecule has 0 aromatic carbocycles. The molecule has 0 radical (unpaired) electrons. The van der Waals surface area contributed by atoms with Gasteiger partial charge in [0.25, 0.3) is 5.91 Å². The van der Waals surface area contributed by atoms with E-state index >= 15 is 0 Å². The second-order valence-corrected chi connectivity index (χ2v) is 5.67. The van der Waals surface area contributed by atoms with E-state index in [0.717, 1.165) is 32.2 Å². The smallest absolute Gasteiger partial charge is 0.290 e. The standard InChI is InChI=1S/C13H22N2O2/c1-9(2)11(16)12(17)15-10(8-14-3)4-5-13(15)6-7-13/h9-10,14H,4-8H2,1-3H3. The quantitative estimate of drug-likeness (QED) is 0.742. The molecular weight excluding hydrogens is 216 g/mol. The molecule has 1 atom stereocenters. The molecule has 4 nitrogen and oxygen atoms in total. The van der Waals surface area contributed by atoms with Gasteiger partial charge in [0.05, 0.1) is 0 Å². The minimum absolute atomic E-state index is 0.0448. The molecule has 1 heterocycles. The van der Waals surface area contributed by atoms with Crippen LogP contribution in [0.1, 0.15) is 39.5 Å². The van der Waals surface area contributed by atoms with Crippen molar-refractivity contribution in [2.45, 2.75) is 51.1 Å². The Morgan fingerprint density at radius 3 is 2.47 bits per heavy atom. The summed E-state index contributed by atoms with van der Waals surface area (Å²) in [5.41, 5.74) is 0.0448. The summed E-state index contributed by atoms with van der Waals surface area (Å²) in [6.07, 6.45) is 4.24. The Balaban J connectivity index is 2.15. The number of carbonyl (C=O) groups is 2. The molecule has 0 aromatic heterocycles. The fourth-order valence-corrected chi connectivity index (χ4v) is 2.88. The van der Waals surface area contributed by atoms with Gasteiger partial charge in [-0.3, -0.25) is 9.59 Å². The Hall–Kier alpha value is -0.900. The molecule has 1 spiro atoms. The van der Waals surface area contributed by atoms with Crippen molar-refractivity contribution in [3.05, 3.63) is 0 Å². The van der Waals surface area contributed by atoms with E-state index in [1.54, 1.807) is 13.8 Å². The number of Topliss-reactive ketones (excluding diaryl/α,β-unsaturated/α-hetero) is 1. The fraction of sp³-hybridized carbons (Fsp3) is 0.846. The summed E-state index contributed by atoms with van der Waals surface area (Å²) in [5.74, 6) is -0.691. The maximum atomic E-state index is 12.3. The van der Waals surface area contributed by atoms with Crippen LogP contribution in [0.2, 0.25) is 0 Å². The number of hydrogen-bond donors (Lipinski definition) is 1. The maximum absolute atomic E-state index is 12.3. The van der Waals surface area contributed by atoms with E-state index in [4.69, 9.17) is 0 Å². The van der Waals surface area contributed by atoms with E-state index in [1.807, 2.05) is 11.9 Å². The molecule has 1 aliphatic heterocycles. The van der Waals surface area contributed by atoms with Gasteiger partial charge in [-0.15, -0.1) is 0 Å². The number of likely N-dealkylation sites (N-methyl/N-ethyl adjacent to an activating group) is 1. The molecule has 1 unspecified atom stereocenters. The number of rotatable bonds is 4. The van der Waals surface area contributed by atoms with Crippen molar-refractivity contribution in [3.63, 3.8) is 0 Å². The summed E-state index contributed by atoms with van der Waals surface area (Å²) in [6, 6.07) is 0.206. The summed E-state index contributed by atoms with van der Waals surface area (Å²) in [7, 11) is 1.89. The Morgan fingerprint density at radius 1 is 1.35 bits per heavy atom. The molecule has 0 aromatic rings. The van der Waals surface area contributed by atoms with Crippen molar-refractivity contribution < 1.29 is 9.59 Å². The molecule has 2 rings (SSSR count). The first-order valence-electron chi connectivity index (χ1n) is 6.54. The van der Waals surface area contributed by atoms with Crippen LogP contribution in [0, 0.1) is 5.92 Å². The lowest BCUT2D eigenvalue weighted by atomic mass is 10.1. The van der Waals surface area contributed by atoms with E-state index in [1.165, 1.54) is 0 Å². The average molecular weight is 238 g/mol. The van der Waals surface area contributed by atoms with Crippen molar-refractivity contribution >= 4 is 11.7 Å². The summed E-state index contributed by atoms with van der Waals surface area (Å²) >= 11 is 0. The molecule has 1 N–H and O–H groups in total. The van der Waals surface area contributed by atoms with Gasteiger partial charge in [-0.05, 0) is 32.7 Å². The van der Waals surface area contributed by atoms with E-state index in [-0.39, 0.29) is 29.2 Å². The van der Waals surface area contributed by atoms with Crippen LogP contribution in [-0.4, -0.2) is 41.8 Å². The number of hydrogen-bond acceptors (Lipinski definition) is 3. The zero-order valence-electron chi connectivity index (χ0n) is 11.0. The Bertz CT molecular complexity index is 334. The minimum atomic E-state index is -0.254. The molecule has 1 aliphatic carbocycles. The first-order chi connectivity index (χ1) is 8.02. The molecule has 1 amide bonds. The summed E-state index contributed by atoms with van der Waals surface area (Å²) in [5, 5.41) is 3.12. The zero-order chi connectivity index (χ0) is 12.6. The highest BCUT2D eigenvalue weighted by molar-refractivity contribution is 6.37. The highest BCUT2D eigenvalue weighted by Gasteiger charge is 2.57. The SMILES string of the molecule is CNCC1CCC2(CC2)N1C(=O)C(=O)C(C)C. The van der Waals surface area contributed by atoms with Crippen LogP contribution < -0.4 is 5.32 Å². The molecule has 17 heavy (non-hydrogen) atoms. The average Bonchev–Trinajstić information content (AvgIpc) is 2.96. The highest BCUT2D eigenvalue weighted by Crippen LogP contribution is 2.51. The predicted octanol–water partition coefficient (Wildman–Crippen LogP) is 0.954. The number of amides is 1. The maximum Gasteiger partial charge on any atom is 0.290 e. The van der Waals surface area contributed by atoms with Crippen LogP contribution in [0.3, 0.4) is 0 Å². The molecule has 1 saturated carbocycles. The molecular formula is C13H22N2O2. The predicted molar refractivity (Wildman–Crippen MR) is 65.6 cm³/mol. The van der Waals surface area contributed by atoms with Crippen molar-refractivity contribution in [3.8, 4) is 0 Å². The van der Waals surface area contributed by atoms with Gasteiger partial charge in [0.15, 0.2) is 0 Å². The van der Waals surface area contributed by atoms with Gasteiger partial charge in [-0.25, -0.2) is 0 Å². The second kappa shape index (κ2) is 4.41. The third kappa shape index (κ3) is 2.10. The van der Waals surface area contributed by atoms with E-state index < -0.39 is 0 Å². The summed E-state index contributed by atoms with van der Waals surface area (Å²) in [6.45, 7) is 4.38. The van der Waals surface area contributed by atoms with Gasteiger partial charge < -0.3 is 10.2 Å². The lowest BCUT2D eigenvalue weighted by Crippen LogP contribution is -2.49. The monoisotopic (exact) mass is 238 g/mol. The van der Waals surface area contributed by atoms with Gasteiger partial charge in [-0.2, -0.15) is 0 Å². The van der Waals surface area contributed by atoms with Crippen molar-refractivity contribution in [1.29, 1.82) is 0 Å². The number of carbonyl (C=O) groups excluding carboxylic acids is 2. The minimum Gasteiger partial charge on any atom is -0.326 e. The molecule has 0 bridgehead atoms. The number of likely N-dealkylation sites (tertiary alicyclic amines) is 1. The van der Waals surface area contributed by atoms with Crippen molar-refractivity contribution in [1.82, 2.24) is 10.2 Å². The number of ketones is 1. The largest absolute Gasteiger partial charge is 0.326 e. The number of nitrogens with zero attached hydrogens (tertiary/aromatic N) is 1. The van der Waals surface area contributed by atoms with Crippen molar-refractivity contribution in [2.24, 2.45) is 5.92 Å². The van der Waals surface area contributed by atoms with Crippen LogP contribution in [-0.2, 0) is 9.59 Å². The van der Waals surface area contributed by atoms with Gasteiger partial charge in [0.2, 0.25) is 5.78 Å². The van der Waals surface area contributed by atoms with Crippen LogP contribution in [0.5, 0.6) is 0 Å². The van der Waals surface area contributed by atoms with Crippen molar-refractivity contribution in [2.75, 3.05) is 13.6 Å². The van der Waals surface area contributed by atoms with Gasteiger partial charge in [0.1, 0.15) is 0 Å². The Kier molecular flexibility index (Phi) is 3.25. The van der Waals surface area contributed by atoms with Crippen LogP contribution in [0.25, 0.3) is 0 Å². The number of nitrogens with one attached hydrogen (secondary N) is 1. The molecule has 2 fully saturated rings. The van der Waals surface area contributed by atoms with E-state index in [2.05, 4.69) is 5.32 Å².